The Bertz CT molecular complexity index is 370. The van der Waals surface area contributed by atoms with Gasteiger partial charge >= 0.3 is 0 Å². The van der Waals surface area contributed by atoms with E-state index in [9.17, 15) is 0 Å². The second-order valence-electron chi connectivity index (χ2n) is 5.00. The fourth-order valence-electron chi connectivity index (χ4n) is 3.13. The van der Waals surface area contributed by atoms with Crippen LogP contribution in [-0.4, -0.2) is 18.0 Å². The van der Waals surface area contributed by atoms with Crippen LogP contribution < -0.4 is 0 Å². The highest BCUT2D eigenvalue weighted by molar-refractivity contribution is 5.36. The normalized spacial score (nSPS) is 25.8. The Morgan fingerprint density at radius 3 is 3.07 bits per heavy atom. The zero-order valence-corrected chi connectivity index (χ0v) is 9.50. The molecule has 1 aromatic rings. The lowest BCUT2D eigenvalue weighted by Gasteiger charge is -2.40. The van der Waals surface area contributed by atoms with E-state index in [1.54, 1.807) is 11.1 Å². The average Bonchev–Trinajstić information content (AvgIpc) is 2.29. The van der Waals surface area contributed by atoms with E-state index >= 15 is 0 Å². The molecular weight excluding hydrogens is 182 g/mol. The summed E-state index contributed by atoms with van der Waals surface area (Å²) >= 11 is 0. The van der Waals surface area contributed by atoms with Gasteiger partial charge in [0.25, 0.3) is 0 Å². The summed E-state index contributed by atoms with van der Waals surface area (Å²) in [6.45, 7) is 4.81. The van der Waals surface area contributed by atoms with Gasteiger partial charge in [0, 0.05) is 12.6 Å². The summed E-state index contributed by atoms with van der Waals surface area (Å²) in [7, 11) is 0. The van der Waals surface area contributed by atoms with Crippen LogP contribution in [0.4, 0.5) is 0 Å². The molecular formula is C14H19N. The van der Waals surface area contributed by atoms with Crippen molar-refractivity contribution in [3.8, 4) is 0 Å². The molecule has 1 nitrogen and oxygen atoms in total. The van der Waals surface area contributed by atoms with E-state index < -0.39 is 0 Å². The number of nitrogens with zero attached hydrogens (tertiary/aromatic N) is 1. The third-order valence-corrected chi connectivity index (χ3v) is 3.94. The first kappa shape index (κ1) is 9.41. The molecule has 80 valence electrons. The number of benzene rings is 1. The first-order valence-corrected chi connectivity index (χ1v) is 6.18. The molecule has 1 atom stereocenters. The molecule has 1 unspecified atom stereocenters. The highest BCUT2D eigenvalue weighted by Crippen LogP contribution is 2.36. The molecule has 0 aliphatic carbocycles. The number of fused-ring (bicyclic) bond motifs is 3. The minimum atomic E-state index is 0.738. The molecule has 15 heavy (non-hydrogen) atoms. The minimum Gasteiger partial charge on any atom is -0.296 e. The van der Waals surface area contributed by atoms with Crippen LogP contribution in [0.5, 0.6) is 0 Å². The topological polar surface area (TPSA) is 3.24 Å². The van der Waals surface area contributed by atoms with E-state index in [1.807, 2.05) is 0 Å². The quantitative estimate of drug-likeness (QED) is 0.623. The average molecular weight is 201 g/mol. The molecule has 0 radical (unpaired) electrons. The van der Waals surface area contributed by atoms with Gasteiger partial charge in [-0.05, 0) is 43.9 Å². The van der Waals surface area contributed by atoms with Gasteiger partial charge < -0.3 is 0 Å². The molecule has 0 aromatic heterocycles. The minimum absolute atomic E-state index is 0.738. The van der Waals surface area contributed by atoms with Gasteiger partial charge in [-0.2, -0.15) is 0 Å². The van der Waals surface area contributed by atoms with E-state index in [4.69, 9.17) is 0 Å². The lowest BCUT2D eigenvalue weighted by atomic mass is 9.86. The Kier molecular flexibility index (Phi) is 2.28. The first-order valence-electron chi connectivity index (χ1n) is 6.18. The lowest BCUT2D eigenvalue weighted by Crippen LogP contribution is -2.38. The second kappa shape index (κ2) is 3.64. The SMILES string of the molecule is Cc1ccc2c(c1)C1CCCCN1CC2. The summed E-state index contributed by atoms with van der Waals surface area (Å²) in [4.78, 5) is 2.69. The zero-order valence-electron chi connectivity index (χ0n) is 9.50. The smallest absolute Gasteiger partial charge is 0.0351 e. The maximum absolute atomic E-state index is 2.69. The number of piperidine rings is 1. The molecule has 0 bridgehead atoms. The largest absolute Gasteiger partial charge is 0.296 e. The van der Waals surface area contributed by atoms with Crippen LogP contribution in [0.15, 0.2) is 18.2 Å². The van der Waals surface area contributed by atoms with E-state index in [0.29, 0.717) is 0 Å². The highest BCUT2D eigenvalue weighted by Gasteiger charge is 2.28. The molecule has 0 saturated carbocycles. The van der Waals surface area contributed by atoms with Crippen molar-refractivity contribution in [3.63, 3.8) is 0 Å². The molecule has 0 N–H and O–H groups in total. The fraction of sp³-hybridized carbons (Fsp3) is 0.571. The van der Waals surface area contributed by atoms with Crippen LogP contribution in [0.3, 0.4) is 0 Å². The van der Waals surface area contributed by atoms with Crippen LogP contribution in [0, 0.1) is 6.92 Å². The maximum Gasteiger partial charge on any atom is 0.0351 e. The van der Waals surface area contributed by atoms with Crippen molar-refractivity contribution in [2.75, 3.05) is 13.1 Å². The summed E-state index contributed by atoms with van der Waals surface area (Å²) in [6, 6.07) is 7.76. The van der Waals surface area contributed by atoms with E-state index in [-0.39, 0.29) is 0 Å². The van der Waals surface area contributed by atoms with Crippen molar-refractivity contribution in [1.82, 2.24) is 4.90 Å². The standard InChI is InChI=1S/C14H19N/c1-11-5-6-12-7-9-15-8-3-2-4-14(15)13(12)10-11/h5-6,10,14H,2-4,7-9H2,1H3. The molecule has 1 heteroatoms. The number of hydrogen-bond donors (Lipinski definition) is 0. The predicted octanol–water partition coefficient (Wildman–Crippen LogP) is 3.08. The second-order valence-corrected chi connectivity index (χ2v) is 5.00. The van der Waals surface area contributed by atoms with Gasteiger partial charge in [-0.25, -0.2) is 0 Å². The van der Waals surface area contributed by atoms with Gasteiger partial charge in [0.05, 0.1) is 0 Å². The highest BCUT2D eigenvalue weighted by atomic mass is 15.2. The molecule has 0 amide bonds. The summed E-state index contributed by atoms with van der Waals surface area (Å²) in [6.07, 6.45) is 5.44. The molecule has 1 aromatic carbocycles. The van der Waals surface area contributed by atoms with Gasteiger partial charge in [0.1, 0.15) is 0 Å². The van der Waals surface area contributed by atoms with Crippen molar-refractivity contribution in [2.24, 2.45) is 0 Å². The summed E-state index contributed by atoms with van der Waals surface area (Å²) in [5.74, 6) is 0. The molecule has 3 rings (SSSR count). The maximum atomic E-state index is 2.69. The van der Waals surface area contributed by atoms with Crippen molar-refractivity contribution in [3.05, 3.63) is 34.9 Å². The van der Waals surface area contributed by atoms with Gasteiger partial charge in [0.15, 0.2) is 0 Å². The van der Waals surface area contributed by atoms with Gasteiger partial charge in [-0.15, -0.1) is 0 Å². The molecule has 0 spiro atoms. The van der Waals surface area contributed by atoms with Crippen molar-refractivity contribution >= 4 is 0 Å². The lowest BCUT2D eigenvalue weighted by molar-refractivity contribution is 0.138. The van der Waals surface area contributed by atoms with Crippen molar-refractivity contribution in [1.29, 1.82) is 0 Å². The van der Waals surface area contributed by atoms with Crippen LogP contribution in [0.1, 0.15) is 42.0 Å². The number of rotatable bonds is 0. The number of hydrogen-bond acceptors (Lipinski definition) is 1. The van der Waals surface area contributed by atoms with E-state index in [2.05, 4.69) is 30.0 Å². The summed E-state index contributed by atoms with van der Waals surface area (Å²) in [5.41, 5.74) is 4.64. The molecule has 1 fully saturated rings. The predicted molar refractivity (Wildman–Crippen MR) is 63.0 cm³/mol. The molecule has 2 aliphatic heterocycles. The number of aryl methyl sites for hydroxylation is 1. The Morgan fingerprint density at radius 1 is 1.20 bits per heavy atom. The zero-order chi connectivity index (χ0) is 10.3. The Hall–Kier alpha value is -0.820. The Labute approximate surface area is 92.1 Å². The van der Waals surface area contributed by atoms with Crippen LogP contribution >= 0.6 is 0 Å². The first-order chi connectivity index (χ1) is 7.34. The van der Waals surface area contributed by atoms with E-state index in [0.717, 1.165) is 6.04 Å². The summed E-state index contributed by atoms with van der Waals surface area (Å²) < 4.78 is 0. The van der Waals surface area contributed by atoms with Crippen LogP contribution in [-0.2, 0) is 6.42 Å². The van der Waals surface area contributed by atoms with Gasteiger partial charge in [-0.3, -0.25) is 4.90 Å². The third kappa shape index (κ3) is 1.59. The third-order valence-electron chi connectivity index (χ3n) is 3.94. The van der Waals surface area contributed by atoms with Gasteiger partial charge in [0.2, 0.25) is 0 Å². The fourth-order valence-corrected chi connectivity index (χ4v) is 3.13. The van der Waals surface area contributed by atoms with Crippen molar-refractivity contribution < 1.29 is 0 Å². The van der Waals surface area contributed by atoms with E-state index in [1.165, 1.54) is 44.3 Å². The Morgan fingerprint density at radius 2 is 2.13 bits per heavy atom. The monoisotopic (exact) mass is 201 g/mol. The van der Waals surface area contributed by atoms with Gasteiger partial charge in [-0.1, -0.05) is 30.2 Å². The molecule has 2 heterocycles. The van der Waals surface area contributed by atoms with Crippen LogP contribution in [0.25, 0.3) is 0 Å². The Balaban J connectivity index is 2.01. The van der Waals surface area contributed by atoms with Crippen molar-refractivity contribution in [2.45, 2.75) is 38.6 Å². The summed E-state index contributed by atoms with van der Waals surface area (Å²) in [5, 5.41) is 0. The van der Waals surface area contributed by atoms with Crippen LogP contribution in [0.2, 0.25) is 0 Å². The molecule has 1 saturated heterocycles. The molecule has 2 aliphatic rings.